The molecule has 6 nitrogen and oxygen atoms in total. The fraction of sp³-hybridized carbons (Fsp3) is 0.471. The van der Waals surface area contributed by atoms with E-state index in [2.05, 4.69) is 15.3 Å². The predicted octanol–water partition coefficient (Wildman–Crippen LogP) is 2.70. The maximum Gasteiger partial charge on any atom is 0.240 e. The molecule has 3 rings (SSSR count). The zero-order valence-electron chi connectivity index (χ0n) is 14.3. The highest BCUT2D eigenvalue weighted by molar-refractivity contribution is 5.86. The van der Waals surface area contributed by atoms with Crippen LogP contribution in [0, 0.1) is 6.92 Å². The van der Waals surface area contributed by atoms with Crippen LogP contribution in [0.25, 0.3) is 5.82 Å². The molecule has 0 bridgehead atoms. The normalized spacial score (nSPS) is 15.6. The Morgan fingerprint density at radius 3 is 2.52 bits per heavy atom. The lowest BCUT2D eigenvalue weighted by molar-refractivity contribution is -0.127. The lowest BCUT2D eigenvalue weighted by atomic mass is 9.82. The average molecular weight is 386 g/mol. The van der Waals surface area contributed by atoms with Crippen molar-refractivity contribution in [2.24, 2.45) is 5.73 Å². The largest absolute Gasteiger partial charge is 0.350 e. The van der Waals surface area contributed by atoms with Crippen LogP contribution < -0.4 is 11.1 Å². The molecule has 2 aromatic heterocycles. The van der Waals surface area contributed by atoms with E-state index in [1.807, 2.05) is 29.8 Å². The van der Waals surface area contributed by atoms with E-state index in [-0.39, 0.29) is 30.7 Å². The van der Waals surface area contributed by atoms with E-state index in [4.69, 9.17) is 5.73 Å². The summed E-state index contributed by atoms with van der Waals surface area (Å²) in [6, 6.07) is 3.89. The minimum atomic E-state index is -0.695. The number of imidazole rings is 1. The van der Waals surface area contributed by atoms with Crippen LogP contribution >= 0.6 is 24.8 Å². The van der Waals surface area contributed by atoms with Crippen LogP contribution in [0.2, 0.25) is 0 Å². The van der Waals surface area contributed by atoms with Crippen LogP contribution in [0.3, 0.4) is 0 Å². The Balaban J connectivity index is 0.00000156. The summed E-state index contributed by atoms with van der Waals surface area (Å²) in [6.45, 7) is 2.38. The first-order valence-corrected chi connectivity index (χ1v) is 8.11. The van der Waals surface area contributed by atoms with Gasteiger partial charge in [0.05, 0.1) is 5.54 Å². The molecule has 0 radical (unpaired) electrons. The van der Waals surface area contributed by atoms with Crippen LogP contribution in [-0.2, 0) is 11.3 Å². The minimum Gasteiger partial charge on any atom is -0.350 e. The van der Waals surface area contributed by atoms with Gasteiger partial charge in [0, 0.05) is 25.1 Å². The van der Waals surface area contributed by atoms with Crippen molar-refractivity contribution in [3.05, 3.63) is 42.1 Å². The van der Waals surface area contributed by atoms with Crippen molar-refractivity contribution in [3.8, 4) is 5.82 Å². The molecule has 3 N–H and O–H groups in total. The Morgan fingerprint density at radius 2 is 1.96 bits per heavy atom. The summed E-state index contributed by atoms with van der Waals surface area (Å²) in [7, 11) is 0. The molecule has 2 aromatic rings. The molecule has 0 aliphatic heterocycles. The molecule has 0 aromatic carbocycles. The lowest BCUT2D eigenvalue weighted by Gasteiger charge is -2.31. The molecule has 0 saturated heterocycles. The Bertz CT molecular complexity index is 681. The number of rotatable bonds is 4. The van der Waals surface area contributed by atoms with E-state index in [0.717, 1.165) is 42.9 Å². The number of halogens is 2. The maximum absolute atomic E-state index is 12.3. The summed E-state index contributed by atoms with van der Waals surface area (Å²) in [4.78, 5) is 20.9. The Hall–Kier alpha value is -1.63. The van der Waals surface area contributed by atoms with Gasteiger partial charge < -0.3 is 11.1 Å². The smallest absolute Gasteiger partial charge is 0.240 e. The van der Waals surface area contributed by atoms with Crippen molar-refractivity contribution in [3.63, 3.8) is 0 Å². The molecule has 0 atom stereocenters. The number of nitrogens with two attached hydrogens (primary N) is 1. The van der Waals surface area contributed by atoms with Crippen molar-refractivity contribution in [1.82, 2.24) is 19.9 Å². The molecular weight excluding hydrogens is 361 g/mol. The number of hydrogen-bond acceptors (Lipinski definition) is 4. The molecule has 1 fully saturated rings. The predicted molar refractivity (Wildman–Crippen MR) is 102 cm³/mol. The van der Waals surface area contributed by atoms with Gasteiger partial charge in [-0.25, -0.2) is 9.97 Å². The molecule has 138 valence electrons. The summed E-state index contributed by atoms with van der Waals surface area (Å²) < 4.78 is 1.92. The van der Waals surface area contributed by atoms with Gasteiger partial charge in [0.2, 0.25) is 5.91 Å². The standard InChI is InChI=1S/C17H23N5O.2ClH/c1-13-19-9-10-22(13)15-6-5-14(11-20-15)12-21-16(23)17(18)7-3-2-4-8-17;;/h5-6,9-11H,2-4,7-8,12,18H2,1H3,(H,21,23);2*1H. The highest BCUT2D eigenvalue weighted by Crippen LogP contribution is 2.26. The van der Waals surface area contributed by atoms with Gasteiger partial charge in [0.1, 0.15) is 11.6 Å². The number of aromatic nitrogens is 3. The molecular formula is C17H25Cl2N5O. The molecule has 1 aliphatic rings. The fourth-order valence-electron chi connectivity index (χ4n) is 3.05. The highest BCUT2D eigenvalue weighted by Gasteiger charge is 2.34. The first-order chi connectivity index (χ1) is 11.1. The van der Waals surface area contributed by atoms with Crippen LogP contribution in [0.1, 0.15) is 43.5 Å². The van der Waals surface area contributed by atoms with Crippen LogP contribution in [0.15, 0.2) is 30.7 Å². The van der Waals surface area contributed by atoms with E-state index in [1.54, 1.807) is 12.4 Å². The third-order valence-electron chi connectivity index (χ3n) is 4.53. The molecule has 1 amide bonds. The van der Waals surface area contributed by atoms with E-state index in [9.17, 15) is 4.79 Å². The van der Waals surface area contributed by atoms with Gasteiger partial charge in [-0.15, -0.1) is 24.8 Å². The van der Waals surface area contributed by atoms with Gasteiger partial charge >= 0.3 is 0 Å². The lowest BCUT2D eigenvalue weighted by Crippen LogP contribution is -2.54. The van der Waals surface area contributed by atoms with E-state index >= 15 is 0 Å². The summed E-state index contributed by atoms with van der Waals surface area (Å²) in [5.41, 5.74) is 6.50. The second-order valence-electron chi connectivity index (χ2n) is 6.27. The quantitative estimate of drug-likeness (QED) is 0.846. The molecule has 25 heavy (non-hydrogen) atoms. The second kappa shape index (κ2) is 9.17. The Morgan fingerprint density at radius 1 is 1.24 bits per heavy atom. The highest BCUT2D eigenvalue weighted by atomic mass is 35.5. The third-order valence-corrected chi connectivity index (χ3v) is 4.53. The summed E-state index contributed by atoms with van der Waals surface area (Å²) in [5.74, 6) is 1.66. The van der Waals surface area contributed by atoms with Gasteiger partial charge in [0.25, 0.3) is 0 Å². The second-order valence-corrected chi connectivity index (χ2v) is 6.27. The molecule has 0 spiro atoms. The zero-order valence-corrected chi connectivity index (χ0v) is 15.9. The van der Waals surface area contributed by atoms with Crippen molar-refractivity contribution in [2.45, 2.75) is 51.1 Å². The van der Waals surface area contributed by atoms with Crippen molar-refractivity contribution < 1.29 is 4.79 Å². The minimum absolute atomic E-state index is 0. The van der Waals surface area contributed by atoms with Gasteiger partial charge in [0.15, 0.2) is 0 Å². The number of hydrogen-bond donors (Lipinski definition) is 2. The number of carbonyl (C=O) groups is 1. The SMILES string of the molecule is Cc1nccn1-c1ccc(CNC(=O)C2(N)CCCCC2)cn1.Cl.Cl. The van der Waals surface area contributed by atoms with Crippen LogP contribution in [-0.4, -0.2) is 26.0 Å². The van der Waals surface area contributed by atoms with Crippen molar-refractivity contribution >= 4 is 30.7 Å². The Labute approximate surface area is 160 Å². The average Bonchev–Trinajstić information content (AvgIpc) is 3.00. The molecule has 1 saturated carbocycles. The summed E-state index contributed by atoms with van der Waals surface area (Å²) >= 11 is 0. The van der Waals surface area contributed by atoms with Gasteiger partial charge in [-0.1, -0.05) is 25.3 Å². The molecule has 0 unspecified atom stereocenters. The number of carbonyl (C=O) groups excluding carboxylic acids is 1. The first kappa shape index (κ1) is 21.4. The van der Waals surface area contributed by atoms with E-state index in [0.29, 0.717) is 6.54 Å². The number of pyridine rings is 1. The fourth-order valence-corrected chi connectivity index (χ4v) is 3.05. The van der Waals surface area contributed by atoms with Crippen LogP contribution in [0.4, 0.5) is 0 Å². The topological polar surface area (TPSA) is 85.8 Å². The summed E-state index contributed by atoms with van der Waals surface area (Å²) in [6.07, 6.45) is 10.2. The van der Waals surface area contributed by atoms with Crippen molar-refractivity contribution in [2.75, 3.05) is 0 Å². The number of aryl methyl sites for hydroxylation is 1. The van der Waals surface area contributed by atoms with Crippen LogP contribution in [0.5, 0.6) is 0 Å². The van der Waals surface area contributed by atoms with Gasteiger partial charge in [-0.05, 0) is 31.4 Å². The maximum atomic E-state index is 12.3. The van der Waals surface area contributed by atoms with E-state index in [1.165, 1.54) is 6.42 Å². The zero-order chi connectivity index (χ0) is 16.3. The summed E-state index contributed by atoms with van der Waals surface area (Å²) in [5, 5.41) is 2.95. The molecule has 2 heterocycles. The number of nitrogens with one attached hydrogen (secondary N) is 1. The third kappa shape index (κ3) is 4.93. The molecule has 8 heteroatoms. The number of amides is 1. The van der Waals surface area contributed by atoms with E-state index < -0.39 is 5.54 Å². The molecule has 1 aliphatic carbocycles. The van der Waals surface area contributed by atoms with Crippen molar-refractivity contribution in [1.29, 1.82) is 0 Å². The monoisotopic (exact) mass is 385 g/mol. The Kier molecular flexibility index (Phi) is 7.86. The first-order valence-electron chi connectivity index (χ1n) is 8.11. The van der Waals surface area contributed by atoms with Gasteiger partial charge in [-0.3, -0.25) is 9.36 Å². The van der Waals surface area contributed by atoms with Gasteiger partial charge in [-0.2, -0.15) is 0 Å². The number of nitrogens with zero attached hydrogens (tertiary/aromatic N) is 3.